The maximum Gasteiger partial charge on any atom is 0.234 e. The molecular weight excluding hydrogens is 481 g/mol. The first-order chi connectivity index (χ1) is 13.5. The quantitative estimate of drug-likeness (QED) is 0.678. The lowest BCUT2D eigenvalue weighted by Gasteiger charge is -2.34. The molecule has 1 aliphatic carbocycles. The van der Waals surface area contributed by atoms with Gasteiger partial charge in [-0.3, -0.25) is 19.4 Å². The number of fused-ring (bicyclic) bond motifs is 1. The topological polar surface area (TPSA) is 52.7 Å². The number of nitrogens with zero attached hydrogens (tertiary/aromatic N) is 2. The summed E-state index contributed by atoms with van der Waals surface area (Å²) < 4.78 is 14.7. The number of nitrogens with one attached hydrogen (secondary N) is 1. The molecule has 156 valence electrons. The summed E-state index contributed by atoms with van der Waals surface area (Å²) in [5, 5.41) is 4.86. The Labute approximate surface area is 187 Å². The highest BCUT2D eigenvalue weighted by Gasteiger charge is 2.34. The number of amides is 1. The van der Waals surface area contributed by atoms with Crippen molar-refractivity contribution in [3.05, 3.63) is 55.9 Å². The number of benzene rings is 1. The van der Waals surface area contributed by atoms with Gasteiger partial charge in [0.2, 0.25) is 5.91 Å². The van der Waals surface area contributed by atoms with Crippen LogP contribution in [0.25, 0.3) is 0 Å². The van der Waals surface area contributed by atoms with Gasteiger partial charge in [-0.2, -0.15) is 0 Å². The van der Waals surface area contributed by atoms with Gasteiger partial charge in [0.15, 0.2) is 5.78 Å². The number of carbonyl (C=O) groups is 2. The number of rotatable bonds is 5. The molecule has 0 saturated carbocycles. The Morgan fingerprint density at radius 3 is 2.62 bits per heavy atom. The summed E-state index contributed by atoms with van der Waals surface area (Å²) in [6.45, 7) is 4.02. The molecular formula is C20H22BrClFN3O2S. The molecule has 1 saturated heterocycles. The number of carbonyl (C=O) groups excluding carboxylic acids is 2. The Bertz CT molecular complexity index is 902. The largest absolute Gasteiger partial charge is 0.348 e. The number of halogens is 3. The number of hydrogen-bond donors (Lipinski definition) is 1. The van der Waals surface area contributed by atoms with Crippen LogP contribution in [0, 0.1) is 5.82 Å². The van der Waals surface area contributed by atoms with Crippen LogP contribution in [-0.2, 0) is 11.3 Å². The van der Waals surface area contributed by atoms with Crippen LogP contribution in [0.15, 0.2) is 33.4 Å². The van der Waals surface area contributed by atoms with E-state index in [4.69, 9.17) is 0 Å². The molecule has 0 spiro atoms. The van der Waals surface area contributed by atoms with Crippen molar-refractivity contribution in [2.24, 2.45) is 0 Å². The summed E-state index contributed by atoms with van der Waals surface area (Å²) in [6.07, 6.45) is 0.332. The Balaban J connectivity index is 0.00000240. The van der Waals surface area contributed by atoms with E-state index in [0.717, 1.165) is 41.1 Å². The van der Waals surface area contributed by atoms with Gasteiger partial charge in [-0.05, 0) is 22.0 Å². The van der Waals surface area contributed by atoms with E-state index in [9.17, 15) is 14.0 Å². The number of hydrogen-bond acceptors (Lipinski definition) is 5. The zero-order valence-electron chi connectivity index (χ0n) is 15.7. The molecule has 1 unspecified atom stereocenters. The molecule has 9 heteroatoms. The minimum Gasteiger partial charge on any atom is -0.348 e. The van der Waals surface area contributed by atoms with Crippen LogP contribution in [0.4, 0.5) is 4.39 Å². The molecule has 1 aromatic heterocycles. The smallest absolute Gasteiger partial charge is 0.234 e. The van der Waals surface area contributed by atoms with Crippen molar-refractivity contribution in [1.29, 1.82) is 0 Å². The van der Waals surface area contributed by atoms with E-state index in [1.807, 2.05) is 17.5 Å². The first-order valence-corrected chi connectivity index (χ1v) is 11.0. The molecule has 1 aromatic carbocycles. The summed E-state index contributed by atoms with van der Waals surface area (Å²) in [5.74, 6) is -0.148. The van der Waals surface area contributed by atoms with Crippen molar-refractivity contribution in [3.63, 3.8) is 0 Å². The van der Waals surface area contributed by atoms with Crippen LogP contribution < -0.4 is 5.32 Å². The molecule has 0 radical (unpaired) electrons. The second-order valence-corrected chi connectivity index (χ2v) is 9.43. The van der Waals surface area contributed by atoms with Crippen LogP contribution in [0.3, 0.4) is 0 Å². The van der Waals surface area contributed by atoms with Gasteiger partial charge in [0.05, 0.1) is 16.4 Å². The van der Waals surface area contributed by atoms with Gasteiger partial charge < -0.3 is 5.32 Å². The highest BCUT2D eigenvalue weighted by atomic mass is 79.9. The third-order valence-electron chi connectivity index (χ3n) is 5.34. The average molecular weight is 503 g/mol. The number of ketones is 1. The average Bonchev–Trinajstić information content (AvgIpc) is 3.20. The summed E-state index contributed by atoms with van der Waals surface area (Å²) in [6, 6.07) is 6.61. The lowest BCUT2D eigenvalue weighted by molar-refractivity contribution is -0.123. The number of piperazine rings is 1. The fourth-order valence-electron chi connectivity index (χ4n) is 3.82. The molecule has 2 aliphatic rings. The third kappa shape index (κ3) is 5.06. The molecule has 2 heterocycles. The SMILES string of the molecule is Cl.O=C(CN1CCN(Cc2ccccc2F)CC1)NC1CC(=O)c2csc(Br)c21. The zero-order valence-corrected chi connectivity index (χ0v) is 18.9. The maximum absolute atomic E-state index is 13.8. The van der Waals surface area contributed by atoms with E-state index in [1.165, 1.54) is 17.4 Å². The molecule has 29 heavy (non-hydrogen) atoms. The van der Waals surface area contributed by atoms with Gasteiger partial charge in [0, 0.05) is 61.2 Å². The van der Waals surface area contributed by atoms with E-state index >= 15 is 0 Å². The van der Waals surface area contributed by atoms with Crippen molar-refractivity contribution in [2.75, 3.05) is 32.7 Å². The van der Waals surface area contributed by atoms with Gasteiger partial charge in [-0.25, -0.2) is 4.39 Å². The second-order valence-electron chi connectivity index (χ2n) is 7.23. The molecule has 1 aliphatic heterocycles. The number of thiophene rings is 1. The van der Waals surface area contributed by atoms with Gasteiger partial charge >= 0.3 is 0 Å². The standard InChI is InChI=1S/C20H21BrFN3O2S.ClH/c21-20-19-14(12-28-20)17(26)9-16(19)23-18(27)11-25-7-5-24(6-8-25)10-13-3-1-2-4-15(13)22;/h1-4,12,16H,5-11H2,(H,23,27);1H. The fourth-order valence-corrected chi connectivity index (χ4v) is 5.45. The van der Waals surface area contributed by atoms with Crippen LogP contribution >= 0.6 is 39.7 Å². The molecule has 0 bridgehead atoms. The molecule has 1 atom stereocenters. The van der Waals surface area contributed by atoms with Crippen LogP contribution in [-0.4, -0.2) is 54.2 Å². The van der Waals surface area contributed by atoms with Crippen molar-refractivity contribution >= 4 is 51.4 Å². The van der Waals surface area contributed by atoms with Crippen molar-refractivity contribution in [3.8, 4) is 0 Å². The normalized spacial score (nSPS) is 19.7. The van der Waals surface area contributed by atoms with E-state index < -0.39 is 0 Å². The highest BCUT2D eigenvalue weighted by molar-refractivity contribution is 9.11. The molecule has 4 rings (SSSR count). The van der Waals surface area contributed by atoms with Crippen LogP contribution in [0.2, 0.25) is 0 Å². The second kappa shape index (κ2) is 9.66. The zero-order chi connectivity index (χ0) is 19.7. The van der Waals surface area contributed by atoms with Gasteiger partial charge in [-0.15, -0.1) is 23.7 Å². The Kier molecular flexibility index (Phi) is 7.45. The summed E-state index contributed by atoms with van der Waals surface area (Å²) in [4.78, 5) is 28.9. The van der Waals surface area contributed by atoms with Gasteiger partial charge in [0.1, 0.15) is 5.82 Å². The summed E-state index contributed by atoms with van der Waals surface area (Å²) in [5.41, 5.74) is 2.35. The third-order valence-corrected chi connectivity index (χ3v) is 7.11. The van der Waals surface area contributed by atoms with Crippen LogP contribution in [0.1, 0.15) is 33.9 Å². The molecule has 1 amide bonds. The van der Waals surface area contributed by atoms with E-state index in [0.29, 0.717) is 25.1 Å². The minimum atomic E-state index is -0.238. The monoisotopic (exact) mass is 501 g/mol. The van der Waals surface area contributed by atoms with Crippen molar-refractivity contribution in [1.82, 2.24) is 15.1 Å². The predicted molar refractivity (Wildman–Crippen MR) is 117 cm³/mol. The molecule has 1 N–H and O–H groups in total. The summed E-state index contributed by atoms with van der Waals surface area (Å²) in [7, 11) is 0. The minimum absolute atomic E-state index is 0. The van der Waals surface area contributed by atoms with Gasteiger partial charge in [-0.1, -0.05) is 18.2 Å². The van der Waals surface area contributed by atoms with E-state index in [1.54, 1.807) is 6.07 Å². The fraction of sp³-hybridized carbons (Fsp3) is 0.400. The van der Waals surface area contributed by atoms with E-state index in [-0.39, 0.29) is 36.0 Å². The lowest BCUT2D eigenvalue weighted by Crippen LogP contribution is -2.49. The molecule has 2 aromatic rings. The van der Waals surface area contributed by atoms with Gasteiger partial charge in [0.25, 0.3) is 0 Å². The van der Waals surface area contributed by atoms with E-state index in [2.05, 4.69) is 31.0 Å². The predicted octanol–water partition coefficient (Wildman–Crippen LogP) is 3.63. The number of Topliss-reactive ketones (excluding diaryl/α,β-unsaturated/α-hetero) is 1. The first kappa shape index (κ1) is 22.4. The molecule has 1 fully saturated rings. The van der Waals surface area contributed by atoms with Crippen molar-refractivity contribution < 1.29 is 14.0 Å². The maximum atomic E-state index is 13.8. The Morgan fingerprint density at radius 2 is 1.90 bits per heavy atom. The first-order valence-electron chi connectivity index (χ1n) is 9.29. The highest BCUT2D eigenvalue weighted by Crippen LogP contribution is 2.40. The summed E-state index contributed by atoms with van der Waals surface area (Å²) >= 11 is 4.97. The Morgan fingerprint density at radius 1 is 1.21 bits per heavy atom. The Hall–Kier alpha value is -1.32. The van der Waals surface area contributed by atoms with Crippen LogP contribution in [0.5, 0.6) is 0 Å². The lowest BCUT2D eigenvalue weighted by atomic mass is 10.1. The molecule has 5 nitrogen and oxygen atoms in total. The van der Waals surface area contributed by atoms with Crippen molar-refractivity contribution in [2.45, 2.75) is 19.0 Å².